The van der Waals surface area contributed by atoms with E-state index in [9.17, 15) is 15.2 Å². The average molecular weight is 334 g/mol. The number of aromatic hydroxyl groups is 1. The van der Waals surface area contributed by atoms with Crippen molar-refractivity contribution in [2.75, 3.05) is 6.54 Å². The largest absolute Gasteiger partial charge is 0.508 e. The Labute approximate surface area is 148 Å². The van der Waals surface area contributed by atoms with Gasteiger partial charge in [0.1, 0.15) is 5.75 Å². The monoisotopic (exact) mass is 334 g/mol. The molecule has 0 saturated carbocycles. The standard InChI is InChI=1S/C21H22N2O2/c22-15-17-5-1-2-7-20(17)21(25)23-14-4-3-6-18(23)11-8-16-9-12-19(24)13-10-16/h1-2,5,7,9-10,12-13,18,24H,3-4,6,8,11,14H2. The highest BCUT2D eigenvalue weighted by Gasteiger charge is 2.28. The van der Waals surface area contributed by atoms with Crippen molar-refractivity contribution in [2.24, 2.45) is 0 Å². The van der Waals surface area contributed by atoms with Gasteiger partial charge in [0.15, 0.2) is 0 Å². The number of nitriles is 1. The molecular formula is C21H22N2O2. The summed E-state index contributed by atoms with van der Waals surface area (Å²) in [7, 11) is 0. The molecule has 4 heteroatoms. The van der Waals surface area contributed by atoms with E-state index in [-0.39, 0.29) is 17.7 Å². The van der Waals surface area contributed by atoms with Crippen LogP contribution in [0.5, 0.6) is 5.75 Å². The Morgan fingerprint density at radius 1 is 1.16 bits per heavy atom. The minimum Gasteiger partial charge on any atom is -0.508 e. The molecule has 1 atom stereocenters. The van der Waals surface area contributed by atoms with E-state index in [1.807, 2.05) is 23.1 Å². The second-order valence-electron chi connectivity index (χ2n) is 6.51. The molecule has 128 valence electrons. The molecule has 1 aliphatic rings. The maximum Gasteiger partial charge on any atom is 0.255 e. The second-order valence-corrected chi connectivity index (χ2v) is 6.51. The summed E-state index contributed by atoms with van der Waals surface area (Å²) in [5.41, 5.74) is 2.10. The molecule has 1 amide bonds. The Balaban J connectivity index is 1.73. The lowest BCUT2D eigenvalue weighted by atomic mass is 9.94. The molecule has 4 nitrogen and oxygen atoms in total. The van der Waals surface area contributed by atoms with Crippen molar-refractivity contribution in [1.29, 1.82) is 5.26 Å². The van der Waals surface area contributed by atoms with Gasteiger partial charge in [0.25, 0.3) is 5.91 Å². The van der Waals surface area contributed by atoms with Crippen LogP contribution in [0.3, 0.4) is 0 Å². The molecule has 0 aliphatic carbocycles. The highest BCUT2D eigenvalue weighted by Crippen LogP contribution is 2.24. The number of nitrogens with zero attached hydrogens (tertiary/aromatic N) is 2. The Hall–Kier alpha value is -2.80. The maximum absolute atomic E-state index is 13.0. The number of benzene rings is 2. The molecule has 3 rings (SSSR count). The van der Waals surface area contributed by atoms with Crippen LogP contribution in [-0.4, -0.2) is 28.5 Å². The predicted molar refractivity (Wildman–Crippen MR) is 96.3 cm³/mol. The number of piperidine rings is 1. The molecule has 1 aliphatic heterocycles. The minimum atomic E-state index is -0.0347. The summed E-state index contributed by atoms with van der Waals surface area (Å²) in [5, 5.41) is 18.6. The van der Waals surface area contributed by atoms with Gasteiger partial charge in [-0.1, -0.05) is 24.3 Å². The zero-order chi connectivity index (χ0) is 17.6. The van der Waals surface area contributed by atoms with Gasteiger partial charge >= 0.3 is 0 Å². The number of carbonyl (C=O) groups is 1. The predicted octanol–water partition coefficient (Wildman–Crippen LogP) is 3.89. The van der Waals surface area contributed by atoms with E-state index in [1.54, 1.807) is 30.3 Å². The Morgan fingerprint density at radius 3 is 2.68 bits per heavy atom. The Morgan fingerprint density at radius 2 is 1.92 bits per heavy atom. The molecule has 0 aromatic heterocycles. The highest BCUT2D eigenvalue weighted by molar-refractivity contribution is 5.96. The number of phenols is 1. The van der Waals surface area contributed by atoms with E-state index >= 15 is 0 Å². The van der Waals surface area contributed by atoms with Crippen molar-refractivity contribution in [3.05, 3.63) is 65.2 Å². The van der Waals surface area contributed by atoms with Gasteiger partial charge in [-0.15, -0.1) is 0 Å². The van der Waals surface area contributed by atoms with Crippen LogP contribution in [0, 0.1) is 11.3 Å². The lowest BCUT2D eigenvalue weighted by Crippen LogP contribution is -2.44. The number of aryl methyl sites for hydroxylation is 1. The average Bonchev–Trinajstić information content (AvgIpc) is 2.67. The third-order valence-corrected chi connectivity index (χ3v) is 4.87. The number of carbonyl (C=O) groups excluding carboxylic acids is 1. The van der Waals surface area contributed by atoms with Crippen LogP contribution in [-0.2, 0) is 6.42 Å². The molecule has 1 fully saturated rings. The van der Waals surface area contributed by atoms with E-state index in [0.29, 0.717) is 11.1 Å². The highest BCUT2D eigenvalue weighted by atomic mass is 16.3. The lowest BCUT2D eigenvalue weighted by Gasteiger charge is -2.36. The van der Waals surface area contributed by atoms with Gasteiger partial charge in [-0.2, -0.15) is 5.26 Å². The summed E-state index contributed by atoms with van der Waals surface area (Å²) in [5.74, 6) is 0.235. The number of hydrogen-bond donors (Lipinski definition) is 1. The van der Waals surface area contributed by atoms with Crippen molar-refractivity contribution in [1.82, 2.24) is 4.90 Å². The molecule has 2 aromatic rings. The van der Waals surface area contributed by atoms with Gasteiger partial charge < -0.3 is 10.0 Å². The van der Waals surface area contributed by atoms with Gasteiger partial charge in [-0.25, -0.2) is 0 Å². The zero-order valence-electron chi connectivity index (χ0n) is 14.2. The summed E-state index contributed by atoms with van der Waals surface area (Å²) in [6, 6.07) is 16.6. The number of amides is 1. The quantitative estimate of drug-likeness (QED) is 0.922. The van der Waals surface area contributed by atoms with E-state index in [1.165, 1.54) is 0 Å². The van der Waals surface area contributed by atoms with E-state index in [0.717, 1.165) is 44.2 Å². The maximum atomic E-state index is 13.0. The lowest BCUT2D eigenvalue weighted by molar-refractivity contribution is 0.0601. The van der Waals surface area contributed by atoms with Crippen LogP contribution < -0.4 is 0 Å². The number of likely N-dealkylation sites (tertiary alicyclic amines) is 1. The fraction of sp³-hybridized carbons (Fsp3) is 0.333. The van der Waals surface area contributed by atoms with Gasteiger partial charge in [-0.3, -0.25) is 4.79 Å². The molecule has 1 N–H and O–H groups in total. The molecule has 1 saturated heterocycles. The summed E-state index contributed by atoms with van der Waals surface area (Å²) in [6.07, 6.45) is 4.90. The summed E-state index contributed by atoms with van der Waals surface area (Å²) in [4.78, 5) is 14.9. The zero-order valence-corrected chi connectivity index (χ0v) is 14.2. The molecule has 2 aromatic carbocycles. The van der Waals surface area contributed by atoms with Crippen molar-refractivity contribution in [2.45, 2.75) is 38.1 Å². The number of hydrogen-bond acceptors (Lipinski definition) is 3. The minimum absolute atomic E-state index is 0.0347. The SMILES string of the molecule is N#Cc1ccccc1C(=O)N1CCCCC1CCc1ccc(O)cc1. The van der Waals surface area contributed by atoms with Crippen LogP contribution in [0.15, 0.2) is 48.5 Å². The fourth-order valence-corrected chi connectivity index (χ4v) is 3.49. The third kappa shape index (κ3) is 4.00. The first-order valence-corrected chi connectivity index (χ1v) is 8.77. The van der Waals surface area contributed by atoms with E-state index in [4.69, 9.17) is 0 Å². The fourth-order valence-electron chi connectivity index (χ4n) is 3.49. The third-order valence-electron chi connectivity index (χ3n) is 4.87. The smallest absolute Gasteiger partial charge is 0.255 e. The van der Waals surface area contributed by atoms with Crippen molar-refractivity contribution >= 4 is 5.91 Å². The molecule has 1 heterocycles. The van der Waals surface area contributed by atoms with Crippen molar-refractivity contribution < 1.29 is 9.90 Å². The van der Waals surface area contributed by atoms with Gasteiger partial charge in [-0.05, 0) is 61.9 Å². The van der Waals surface area contributed by atoms with Gasteiger partial charge in [0, 0.05) is 12.6 Å². The van der Waals surface area contributed by atoms with Crippen LogP contribution in [0.1, 0.15) is 47.2 Å². The van der Waals surface area contributed by atoms with Crippen molar-refractivity contribution in [3.63, 3.8) is 0 Å². The van der Waals surface area contributed by atoms with Gasteiger partial charge in [0.2, 0.25) is 0 Å². The van der Waals surface area contributed by atoms with Crippen LogP contribution in [0.2, 0.25) is 0 Å². The second kappa shape index (κ2) is 7.85. The summed E-state index contributed by atoms with van der Waals surface area (Å²) >= 11 is 0. The first kappa shape index (κ1) is 17.0. The Kier molecular flexibility index (Phi) is 5.35. The first-order valence-electron chi connectivity index (χ1n) is 8.77. The molecule has 0 radical (unpaired) electrons. The van der Waals surface area contributed by atoms with Crippen LogP contribution in [0.4, 0.5) is 0 Å². The molecule has 0 spiro atoms. The van der Waals surface area contributed by atoms with Crippen LogP contribution >= 0.6 is 0 Å². The summed E-state index contributed by atoms with van der Waals surface area (Å²) in [6.45, 7) is 0.749. The molecule has 0 bridgehead atoms. The summed E-state index contributed by atoms with van der Waals surface area (Å²) < 4.78 is 0. The normalized spacial score (nSPS) is 17.1. The number of phenolic OH excluding ortho intramolecular Hbond substituents is 1. The van der Waals surface area contributed by atoms with Crippen molar-refractivity contribution in [3.8, 4) is 11.8 Å². The van der Waals surface area contributed by atoms with Crippen LogP contribution in [0.25, 0.3) is 0 Å². The molecule has 25 heavy (non-hydrogen) atoms. The van der Waals surface area contributed by atoms with E-state index in [2.05, 4.69) is 6.07 Å². The first-order chi connectivity index (χ1) is 12.2. The molecular weight excluding hydrogens is 312 g/mol. The number of rotatable bonds is 4. The van der Waals surface area contributed by atoms with E-state index < -0.39 is 0 Å². The van der Waals surface area contributed by atoms with Gasteiger partial charge in [0.05, 0.1) is 17.2 Å². The molecule has 1 unspecified atom stereocenters. The Bertz CT molecular complexity index is 777. The topological polar surface area (TPSA) is 64.3 Å².